The third-order valence-electron chi connectivity index (χ3n) is 4.67. The molecule has 2 aliphatic rings. The molecule has 0 radical (unpaired) electrons. The third kappa shape index (κ3) is 6.76. The zero-order valence-electron chi connectivity index (χ0n) is 14.0. The first-order valence-electron chi connectivity index (χ1n) is 8.48. The van der Waals surface area contributed by atoms with E-state index in [1.807, 2.05) is 0 Å². The Morgan fingerprint density at radius 2 is 1.11 bits per heavy atom. The van der Waals surface area contributed by atoms with Crippen LogP contribution in [0.4, 0.5) is 0 Å². The van der Waals surface area contributed by atoms with Gasteiger partial charge in [0.2, 0.25) is 0 Å². The summed E-state index contributed by atoms with van der Waals surface area (Å²) in [6.07, 6.45) is 7.08. The molecule has 0 bridgehead atoms. The van der Waals surface area contributed by atoms with Gasteiger partial charge in [0.15, 0.2) is 0 Å². The predicted octanol–water partition coefficient (Wildman–Crippen LogP) is 4.01. The molecule has 0 unspecified atom stereocenters. The summed E-state index contributed by atoms with van der Waals surface area (Å²) in [5, 5.41) is 0. The van der Waals surface area contributed by atoms with Crippen LogP contribution in [0, 0.1) is 5.92 Å². The highest BCUT2D eigenvalue weighted by molar-refractivity contribution is 4.71. The van der Waals surface area contributed by atoms with E-state index in [4.69, 9.17) is 0 Å². The van der Waals surface area contributed by atoms with Crippen LogP contribution in [0.5, 0.6) is 0 Å². The van der Waals surface area contributed by atoms with Crippen molar-refractivity contribution < 1.29 is 0 Å². The fraction of sp³-hybridized carbons (Fsp3) is 1.00. The van der Waals surface area contributed by atoms with Crippen molar-refractivity contribution in [2.75, 3.05) is 26.2 Å². The Morgan fingerprint density at radius 3 is 1.47 bits per heavy atom. The van der Waals surface area contributed by atoms with E-state index >= 15 is 0 Å². The SMILES string of the molecule is CC(C)N1CCCCC1.CC1CCN(C(C)C)CC1. The van der Waals surface area contributed by atoms with Crippen molar-refractivity contribution in [3.05, 3.63) is 0 Å². The average molecular weight is 268 g/mol. The monoisotopic (exact) mass is 268 g/mol. The van der Waals surface area contributed by atoms with Crippen LogP contribution in [-0.4, -0.2) is 48.1 Å². The molecule has 2 aliphatic heterocycles. The molecule has 2 fully saturated rings. The van der Waals surface area contributed by atoms with Crippen molar-refractivity contribution in [1.29, 1.82) is 0 Å². The van der Waals surface area contributed by atoms with Crippen LogP contribution in [0.25, 0.3) is 0 Å². The standard InChI is InChI=1S/C9H19N.C8H17N/c1-8(2)10-6-4-9(3)5-7-10;1-8(2)9-6-4-3-5-7-9/h8-9H,4-7H2,1-3H3;8H,3-7H2,1-2H3. The second-order valence-electron chi connectivity index (χ2n) is 7.00. The van der Waals surface area contributed by atoms with E-state index in [0.29, 0.717) is 0 Å². The lowest BCUT2D eigenvalue weighted by atomic mass is 9.98. The van der Waals surface area contributed by atoms with Crippen LogP contribution in [0.3, 0.4) is 0 Å². The van der Waals surface area contributed by atoms with Crippen LogP contribution in [-0.2, 0) is 0 Å². The minimum atomic E-state index is 0.757. The van der Waals surface area contributed by atoms with Gasteiger partial charge in [-0.05, 0) is 85.5 Å². The van der Waals surface area contributed by atoms with Gasteiger partial charge in [-0.15, -0.1) is 0 Å². The molecule has 2 rings (SSSR count). The van der Waals surface area contributed by atoms with Gasteiger partial charge in [0.25, 0.3) is 0 Å². The van der Waals surface area contributed by atoms with Gasteiger partial charge in [0.1, 0.15) is 0 Å². The Kier molecular flexibility index (Phi) is 8.01. The number of rotatable bonds is 2. The summed E-state index contributed by atoms with van der Waals surface area (Å²) in [6.45, 7) is 16.8. The van der Waals surface area contributed by atoms with Crippen molar-refractivity contribution in [2.45, 2.75) is 78.8 Å². The fourth-order valence-electron chi connectivity index (χ4n) is 2.98. The molecule has 2 heteroatoms. The molecule has 2 nitrogen and oxygen atoms in total. The average Bonchev–Trinajstić information content (AvgIpc) is 2.41. The zero-order chi connectivity index (χ0) is 14.3. The fourth-order valence-corrected chi connectivity index (χ4v) is 2.98. The molecule has 0 saturated carbocycles. The maximum Gasteiger partial charge on any atom is 0.00385 e. The van der Waals surface area contributed by atoms with E-state index in [1.165, 1.54) is 58.3 Å². The van der Waals surface area contributed by atoms with Crippen molar-refractivity contribution in [3.8, 4) is 0 Å². The molecule has 0 atom stereocenters. The summed E-state index contributed by atoms with van der Waals surface area (Å²) < 4.78 is 0. The third-order valence-corrected chi connectivity index (χ3v) is 4.67. The second-order valence-corrected chi connectivity index (χ2v) is 7.00. The highest BCUT2D eigenvalue weighted by Crippen LogP contribution is 2.17. The van der Waals surface area contributed by atoms with Crippen molar-refractivity contribution in [1.82, 2.24) is 9.80 Å². The van der Waals surface area contributed by atoms with Gasteiger partial charge in [0.05, 0.1) is 0 Å². The first-order valence-corrected chi connectivity index (χ1v) is 8.48. The van der Waals surface area contributed by atoms with Gasteiger partial charge in [-0.25, -0.2) is 0 Å². The summed E-state index contributed by atoms with van der Waals surface area (Å²) in [6, 6.07) is 1.53. The maximum atomic E-state index is 2.57. The number of piperidine rings is 2. The largest absolute Gasteiger partial charge is 0.301 e. The Bertz CT molecular complexity index is 211. The Balaban J connectivity index is 0.000000191. The highest BCUT2D eigenvalue weighted by Gasteiger charge is 2.16. The molecule has 0 aromatic heterocycles. The smallest absolute Gasteiger partial charge is 0.00385 e. The first kappa shape index (κ1) is 17.0. The molecule has 0 aromatic carbocycles. The summed E-state index contributed by atoms with van der Waals surface area (Å²) in [5.41, 5.74) is 0. The number of likely N-dealkylation sites (tertiary alicyclic amines) is 2. The molecule has 0 aromatic rings. The molecule has 2 heterocycles. The molecule has 0 N–H and O–H groups in total. The highest BCUT2D eigenvalue weighted by atomic mass is 15.2. The van der Waals surface area contributed by atoms with Crippen LogP contribution in [0.1, 0.15) is 66.7 Å². The Hall–Kier alpha value is -0.0800. The van der Waals surface area contributed by atoms with Crippen LogP contribution in [0.15, 0.2) is 0 Å². The minimum Gasteiger partial charge on any atom is -0.301 e. The van der Waals surface area contributed by atoms with Crippen molar-refractivity contribution in [3.63, 3.8) is 0 Å². The van der Waals surface area contributed by atoms with Crippen LogP contribution >= 0.6 is 0 Å². The molecule has 114 valence electrons. The summed E-state index contributed by atoms with van der Waals surface area (Å²) in [7, 11) is 0. The van der Waals surface area contributed by atoms with E-state index in [0.717, 1.165) is 18.0 Å². The molecular formula is C17H36N2. The van der Waals surface area contributed by atoms with Crippen LogP contribution < -0.4 is 0 Å². The van der Waals surface area contributed by atoms with Crippen molar-refractivity contribution >= 4 is 0 Å². The molecule has 0 spiro atoms. The van der Waals surface area contributed by atoms with Crippen molar-refractivity contribution in [2.24, 2.45) is 5.92 Å². The van der Waals surface area contributed by atoms with E-state index in [1.54, 1.807) is 0 Å². The molecule has 2 saturated heterocycles. The topological polar surface area (TPSA) is 6.48 Å². The maximum absolute atomic E-state index is 2.57. The summed E-state index contributed by atoms with van der Waals surface area (Å²) in [4.78, 5) is 5.13. The van der Waals surface area contributed by atoms with Gasteiger partial charge < -0.3 is 9.80 Å². The Labute approximate surface area is 121 Å². The van der Waals surface area contributed by atoms with Crippen LogP contribution in [0.2, 0.25) is 0 Å². The lowest BCUT2D eigenvalue weighted by Gasteiger charge is -2.33. The lowest BCUT2D eigenvalue weighted by molar-refractivity contribution is 0.156. The molecule has 19 heavy (non-hydrogen) atoms. The van der Waals surface area contributed by atoms with E-state index in [2.05, 4.69) is 44.4 Å². The molecule has 0 amide bonds. The minimum absolute atomic E-state index is 0.757. The predicted molar refractivity (Wildman–Crippen MR) is 85.7 cm³/mol. The van der Waals surface area contributed by atoms with Gasteiger partial charge in [0, 0.05) is 12.1 Å². The normalized spacial score (nSPS) is 23.5. The van der Waals surface area contributed by atoms with E-state index in [-0.39, 0.29) is 0 Å². The quantitative estimate of drug-likeness (QED) is 0.746. The first-order chi connectivity index (χ1) is 9.00. The molecular weight excluding hydrogens is 232 g/mol. The Morgan fingerprint density at radius 1 is 0.684 bits per heavy atom. The van der Waals surface area contributed by atoms with Gasteiger partial charge in [-0.2, -0.15) is 0 Å². The number of hydrogen-bond donors (Lipinski definition) is 0. The summed E-state index contributed by atoms with van der Waals surface area (Å²) >= 11 is 0. The number of hydrogen-bond acceptors (Lipinski definition) is 2. The van der Waals surface area contributed by atoms with Gasteiger partial charge >= 0.3 is 0 Å². The zero-order valence-corrected chi connectivity index (χ0v) is 14.0. The number of nitrogens with zero attached hydrogens (tertiary/aromatic N) is 2. The second kappa shape index (κ2) is 8.97. The lowest BCUT2D eigenvalue weighted by Crippen LogP contribution is -2.37. The van der Waals surface area contributed by atoms with Gasteiger partial charge in [-0.1, -0.05) is 13.3 Å². The summed E-state index contributed by atoms with van der Waals surface area (Å²) in [5.74, 6) is 0.968. The van der Waals surface area contributed by atoms with E-state index < -0.39 is 0 Å². The molecule has 0 aliphatic carbocycles. The van der Waals surface area contributed by atoms with Gasteiger partial charge in [-0.3, -0.25) is 0 Å². The van der Waals surface area contributed by atoms with E-state index in [9.17, 15) is 0 Å².